The van der Waals surface area contributed by atoms with E-state index in [1.54, 1.807) is 37.2 Å². The number of hydrogen-bond donors (Lipinski definition) is 3. The van der Waals surface area contributed by atoms with Gasteiger partial charge in [0.1, 0.15) is 5.60 Å². The number of rotatable bonds is 36. The van der Waals surface area contributed by atoms with Crippen molar-refractivity contribution < 1.29 is 72.0 Å². The number of aromatic carboxylic acids is 1. The summed E-state index contributed by atoms with van der Waals surface area (Å²) in [4.78, 5) is 87.4. The molecule has 85 heavy (non-hydrogen) atoms. The third kappa shape index (κ3) is 30.1. The molecule has 2 aliphatic heterocycles. The number of carbonyl (C=O) groups is 4. The van der Waals surface area contributed by atoms with E-state index in [9.17, 15) is 19.2 Å². The van der Waals surface area contributed by atoms with Crippen LogP contribution in [0.5, 0.6) is 0 Å². The molecule has 0 aliphatic carbocycles. The van der Waals surface area contributed by atoms with Gasteiger partial charge in [-0.25, -0.2) is 44.7 Å². The number of aromatic nitrogens is 8. The lowest BCUT2D eigenvalue weighted by molar-refractivity contribution is -0.156. The van der Waals surface area contributed by atoms with Crippen molar-refractivity contribution in [2.45, 2.75) is 52.1 Å². The molecular formula is C57H81N13O15. The van der Waals surface area contributed by atoms with Gasteiger partial charge in [0.15, 0.2) is 5.78 Å². The van der Waals surface area contributed by atoms with Crippen molar-refractivity contribution in [3.8, 4) is 24.7 Å². The zero-order chi connectivity index (χ0) is 61.3. The maximum Gasteiger partial charge on any atom is 0.338 e. The summed E-state index contributed by atoms with van der Waals surface area (Å²) in [5.41, 5.74) is 6.70. The highest BCUT2D eigenvalue weighted by Crippen LogP contribution is 2.17. The number of ketones is 1. The van der Waals surface area contributed by atoms with Crippen LogP contribution in [-0.2, 0) is 52.2 Å². The maximum absolute atomic E-state index is 12.5. The van der Waals surface area contributed by atoms with Gasteiger partial charge < -0.3 is 78.2 Å². The van der Waals surface area contributed by atoms with Gasteiger partial charge in [0.05, 0.1) is 134 Å². The van der Waals surface area contributed by atoms with Crippen LogP contribution in [0.2, 0.25) is 0 Å². The van der Waals surface area contributed by atoms with E-state index in [0.717, 1.165) is 26.2 Å². The number of carbonyl (C=O) groups excluding carboxylic acids is 2. The summed E-state index contributed by atoms with van der Waals surface area (Å²) in [5, 5.41) is 17.4. The van der Waals surface area contributed by atoms with E-state index in [1.807, 2.05) is 25.7 Å². The minimum absolute atomic E-state index is 0.0135. The number of nitrogens with two attached hydrogens (primary N) is 1. The van der Waals surface area contributed by atoms with Crippen molar-refractivity contribution in [1.82, 2.24) is 39.9 Å². The van der Waals surface area contributed by atoms with Crippen LogP contribution in [0, 0.1) is 24.7 Å². The molecule has 464 valence electrons. The summed E-state index contributed by atoms with van der Waals surface area (Å²) in [6.07, 6.45) is 24.2. The monoisotopic (exact) mass is 1190 g/mol. The van der Waals surface area contributed by atoms with E-state index < -0.39 is 17.5 Å². The topological polar surface area (TPSA) is 334 Å². The molecule has 2 fully saturated rings. The number of ether oxygens (including phenoxy) is 9. The minimum atomic E-state index is -1.03. The molecule has 0 spiro atoms. The van der Waals surface area contributed by atoms with E-state index in [-0.39, 0.29) is 36.8 Å². The lowest BCUT2D eigenvalue weighted by atomic mass is 10.1. The number of Topliss-reactive ketones (excluding diaryl/α,β-unsaturated/α-hetero) is 1. The molecule has 0 radical (unpaired) electrons. The summed E-state index contributed by atoms with van der Waals surface area (Å²) in [5.74, 6) is 5.23. The smallest absolute Gasteiger partial charge is 0.338 e. The first kappa shape index (κ1) is 69.9. The summed E-state index contributed by atoms with van der Waals surface area (Å²) in [6, 6.07) is 0. The SMILES string of the molecule is C#Cc1cnc(N2CCN(c3ncc(C(=O)CCCOCCOCCOCCOCCC(=O)O)cn3)CC2)nc1.C#Cc1cnc(N2CCN(c3ncc(C(=O)O)cn3)CC2)nc1.CC(C)(C)OC(=O)CCOCCOCCOCCOCCN. The third-order valence-electron chi connectivity index (χ3n) is 11.7. The van der Waals surface area contributed by atoms with Gasteiger partial charge >= 0.3 is 17.9 Å². The summed E-state index contributed by atoms with van der Waals surface area (Å²) >= 11 is 0. The number of piperazine rings is 2. The van der Waals surface area contributed by atoms with E-state index >= 15 is 0 Å². The van der Waals surface area contributed by atoms with Gasteiger partial charge in [-0.2, -0.15) is 0 Å². The Labute approximate surface area is 496 Å². The second-order valence-corrected chi connectivity index (χ2v) is 19.3. The lowest BCUT2D eigenvalue weighted by Crippen LogP contribution is -2.47. The van der Waals surface area contributed by atoms with E-state index in [4.69, 9.17) is 71.4 Å². The number of nitrogens with zero attached hydrogens (tertiary/aromatic N) is 12. The van der Waals surface area contributed by atoms with Crippen molar-refractivity contribution in [1.29, 1.82) is 0 Å². The first-order valence-electron chi connectivity index (χ1n) is 27.9. The molecule has 4 aromatic heterocycles. The Kier molecular flexibility index (Phi) is 34.0. The Morgan fingerprint density at radius 1 is 0.459 bits per heavy atom. The van der Waals surface area contributed by atoms with Gasteiger partial charge in [-0.1, -0.05) is 11.8 Å². The second-order valence-electron chi connectivity index (χ2n) is 19.3. The quantitative estimate of drug-likeness (QED) is 0.0254. The summed E-state index contributed by atoms with van der Waals surface area (Å²) in [6.45, 7) is 18.8. The van der Waals surface area contributed by atoms with Crippen LogP contribution in [0.4, 0.5) is 23.8 Å². The predicted octanol–water partition coefficient (Wildman–Crippen LogP) is 2.09. The molecule has 28 nitrogen and oxygen atoms in total. The standard InChI is InChI=1S/C27H36N6O7.C15H14N6O2.C15H31NO6/c1-2-22-18-28-26(29-19-22)32-6-8-33(9-7-32)27-30-20-23(21-31-27)24(34)4-3-10-37-12-14-39-16-17-40-15-13-38-11-5-25(35)36;1-2-11-7-16-14(17-8-11)20-3-5-21(6-4-20)15-18-9-12(10-19-15)13(22)23;1-15(2,3)22-14(17)4-6-18-8-10-20-12-13-21-11-9-19-7-5-16/h1,18-21H,3-17H2,(H,35,36);1,7-10H,3-6H2,(H,22,23);4-13,16H2,1-3H3. The number of carboxylic acids is 2. The number of esters is 1. The molecule has 0 atom stereocenters. The van der Waals surface area contributed by atoms with Crippen LogP contribution in [0.15, 0.2) is 49.6 Å². The van der Waals surface area contributed by atoms with Gasteiger partial charge in [-0.3, -0.25) is 14.4 Å². The van der Waals surface area contributed by atoms with Crippen LogP contribution in [-0.4, -0.2) is 244 Å². The molecule has 0 aromatic carbocycles. The Balaban J connectivity index is 0.000000294. The van der Waals surface area contributed by atoms with E-state index in [0.29, 0.717) is 185 Å². The number of carboxylic acid groups (broad SMARTS) is 2. The fourth-order valence-electron chi connectivity index (χ4n) is 7.35. The first-order chi connectivity index (χ1) is 41.2. The summed E-state index contributed by atoms with van der Waals surface area (Å²) < 4.78 is 47.6. The van der Waals surface area contributed by atoms with Crippen molar-refractivity contribution in [3.05, 3.63) is 71.8 Å². The van der Waals surface area contributed by atoms with Gasteiger partial charge in [0, 0.05) is 122 Å². The van der Waals surface area contributed by atoms with E-state index in [2.05, 4.69) is 66.4 Å². The lowest BCUT2D eigenvalue weighted by Gasteiger charge is -2.34. The van der Waals surface area contributed by atoms with Crippen LogP contribution in [0.25, 0.3) is 0 Å². The number of aliphatic carboxylic acids is 1. The molecule has 2 aliphatic rings. The zero-order valence-electron chi connectivity index (χ0n) is 48.9. The van der Waals surface area contributed by atoms with Gasteiger partial charge in [-0.15, -0.1) is 12.8 Å². The number of terminal acetylenes is 2. The highest BCUT2D eigenvalue weighted by atomic mass is 16.6. The molecule has 0 bridgehead atoms. The Bertz CT molecular complexity index is 2590. The zero-order valence-corrected chi connectivity index (χ0v) is 48.9. The molecule has 0 saturated carbocycles. The van der Waals surface area contributed by atoms with E-state index in [1.165, 1.54) is 12.4 Å². The van der Waals surface area contributed by atoms with Gasteiger partial charge in [0.25, 0.3) is 0 Å². The predicted molar refractivity (Wildman–Crippen MR) is 312 cm³/mol. The Morgan fingerprint density at radius 2 is 0.765 bits per heavy atom. The van der Waals surface area contributed by atoms with Crippen LogP contribution < -0.4 is 25.3 Å². The average molecular weight is 1190 g/mol. The molecule has 0 unspecified atom stereocenters. The molecule has 0 amide bonds. The largest absolute Gasteiger partial charge is 0.481 e. The molecule has 2 saturated heterocycles. The van der Waals surface area contributed by atoms with Crippen LogP contribution >= 0.6 is 0 Å². The molecule has 4 aromatic rings. The maximum atomic E-state index is 12.5. The van der Waals surface area contributed by atoms with Crippen LogP contribution in [0.1, 0.15) is 78.3 Å². The minimum Gasteiger partial charge on any atom is -0.481 e. The van der Waals surface area contributed by atoms with Crippen LogP contribution in [0.3, 0.4) is 0 Å². The summed E-state index contributed by atoms with van der Waals surface area (Å²) in [7, 11) is 0. The third-order valence-corrected chi connectivity index (χ3v) is 11.7. The second kappa shape index (κ2) is 41.4. The highest BCUT2D eigenvalue weighted by molar-refractivity contribution is 5.95. The van der Waals surface area contributed by atoms with Crippen molar-refractivity contribution in [2.24, 2.45) is 5.73 Å². The highest BCUT2D eigenvalue weighted by Gasteiger charge is 2.23. The average Bonchev–Trinajstić information content (AvgIpc) is 3.59. The van der Waals surface area contributed by atoms with Crippen molar-refractivity contribution in [2.75, 3.05) is 184 Å². The van der Waals surface area contributed by atoms with Crippen molar-refractivity contribution in [3.63, 3.8) is 0 Å². The Morgan fingerprint density at radius 3 is 1.08 bits per heavy atom. The number of anilines is 4. The molecule has 28 heteroatoms. The molecule has 6 rings (SSSR count). The molecular weight excluding hydrogens is 1110 g/mol. The molecule has 6 heterocycles. The Hall–Kier alpha value is -7.64. The fourth-order valence-corrected chi connectivity index (χ4v) is 7.35. The normalized spacial score (nSPS) is 13.2. The number of hydrogen-bond acceptors (Lipinski definition) is 26. The van der Waals surface area contributed by atoms with Gasteiger partial charge in [-0.05, 0) is 27.2 Å². The molecule has 4 N–H and O–H groups in total. The first-order valence-corrected chi connectivity index (χ1v) is 27.9. The van der Waals surface area contributed by atoms with Gasteiger partial charge in [0.2, 0.25) is 23.8 Å². The fraction of sp³-hybridized carbons (Fsp3) is 0.579. The van der Waals surface area contributed by atoms with Crippen molar-refractivity contribution >= 4 is 47.5 Å².